The Morgan fingerprint density at radius 1 is 1.05 bits per heavy atom. The van der Waals surface area contributed by atoms with Crippen molar-refractivity contribution in [2.24, 2.45) is 0 Å². The number of carbonyl (C=O) groups excluding carboxylic acids is 1. The highest BCUT2D eigenvalue weighted by Gasteiger charge is 2.40. The van der Waals surface area contributed by atoms with Gasteiger partial charge < -0.3 is 4.74 Å². The average Bonchev–Trinajstić information content (AvgIpc) is 2.51. The van der Waals surface area contributed by atoms with Crippen LogP contribution in [0.25, 0.3) is 0 Å². The highest BCUT2D eigenvalue weighted by Crippen LogP contribution is 2.42. The third kappa shape index (κ3) is 1.73. The minimum atomic E-state index is -0.616. The van der Waals surface area contributed by atoms with Crippen molar-refractivity contribution in [3.8, 4) is 0 Å². The van der Waals surface area contributed by atoms with Gasteiger partial charge >= 0.3 is 0 Å². The number of benzene rings is 2. The lowest BCUT2D eigenvalue weighted by molar-refractivity contribution is 0.0112. The van der Waals surface area contributed by atoms with E-state index in [1.807, 2.05) is 55.5 Å². The Balaban J connectivity index is 2.27. The van der Waals surface area contributed by atoms with Crippen LogP contribution in [0.5, 0.6) is 0 Å². The monoisotopic (exact) mass is 264 g/mol. The summed E-state index contributed by atoms with van der Waals surface area (Å²) in [6.45, 7) is 6.16. The second-order valence-corrected chi connectivity index (χ2v) is 5.05. The molecule has 1 aliphatic rings. The van der Waals surface area contributed by atoms with Gasteiger partial charge in [-0.3, -0.25) is 4.79 Å². The van der Waals surface area contributed by atoms with Gasteiger partial charge in [0.25, 0.3) is 0 Å². The molecular weight excluding hydrogens is 248 g/mol. The highest BCUT2D eigenvalue weighted by atomic mass is 16.5. The zero-order valence-corrected chi connectivity index (χ0v) is 11.4. The highest BCUT2D eigenvalue weighted by molar-refractivity contribution is 6.13. The molecule has 0 saturated heterocycles. The van der Waals surface area contributed by atoms with Gasteiger partial charge in [-0.1, -0.05) is 54.6 Å². The van der Waals surface area contributed by atoms with Crippen molar-refractivity contribution in [3.63, 3.8) is 0 Å². The molecule has 1 aliphatic carbocycles. The Morgan fingerprint density at radius 2 is 1.55 bits per heavy atom. The summed E-state index contributed by atoms with van der Waals surface area (Å²) in [5, 5.41) is 0. The predicted molar refractivity (Wildman–Crippen MR) is 78.9 cm³/mol. The summed E-state index contributed by atoms with van der Waals surface area (Å²) in [6, 6.07) is 15.3. The van der Waals surface area contributed by atoms with Crippen molar-refractivity contribution < 1.29 is 9.53 Å². The number of ketones is 1. The first-order chi connectivity index (χ1) is 9.68. The second kappa shape index (κ2) is 4.73. The number of rotatable bonds is 3. The fourth-order valence-corrected chi connectivity index (χ4v) is 2.87. The van der Waals surface area contributed by atoms with Crippen LogP contribution >= 0.6 is 0 Å². The van der Waals surface area contributed by atoms with Crippen LogP contribution in [0.2, 0.25) is 0 Å². The molecule has 0 spiro atoms. The molecule has 2 nitrogen and oxygen atoms in total. The van der Waals surface area contributed by atoms with E-state index in [0.29, 0.717) is 6.61 Å². The van der Waals surface area contributed by atoms with Crippen molar-refractivity contribution in [3.05, 3.63) is 83.4 Å². The third-order valence-electron chi connectivity index (χ3n) is 3.86. The fourth-order valence-electron chi connectivity index (χ4n) is 2.87. The maximum absolute atomic E-state index is 12.6. The maximum atomic E-state index is 12.6. The van der Waals surface area contributed by atoms with Gasteiger partial charge in [-0.15, -0.1) is 6.58 Å². The van der Waals surface area contributed by atoms with Crippen molar-refractivity contribution >= 4 is 5.78 Å². The zero-order valence-electron chi connectivity index (χ0n) is 11.4. The van der Waals surface area contributed by atoms with Crippen molar-refractivity contribution in [2.75, 3.05) is 6.61 Å². The van der Waals surface area contributed by atoms with Crippen molar-refractivity contribution in [1.29, 1.82) is 0 Å². The van der Waals surface area contributed by atoms with Crippen LogP contribution in [0, 0.1) is 0 Å². The molecule has 0 radical (unpaired) electrons. The first kappa shape index (κ1) is 12.8. The lowest BCUT2D eigenvalue weighted by atomic mass is 9.75. The first-order valence-corrected chi connectivity index (χ1v) is 6.67. The molecule has 0 fully saturated rings. The molecule has 0 N–H and O–H groups in total. The van der Waals surface area contributed by atoms with Gasteiger partial charge in [-0.2, -0.15) is 0 Å². The van der Waals surface area contributed by atoms with Crippen LogP contribution in [-0.4, -0.2) is 12.4 Å². The minimum Gasteiger partial charge on any atom is -0.362 e. The Labute approximate surface area is 118 Å². The van der Waals surface area contributed by atoms with Gasteiger partial charge in [0, 0.05) is 11.1 Å². The van der Waals surface area contributed by atoms with Crippen LogP contribution in [0.1, 0.15) is 34.0 Å². The summed E-state index contributed by atoms with van der Waals surface area (Å²) in [4.78, 5) is 12.6. The van der Waals surface area contributed by atoms with Crippen LogP contribution in [-0.2, 0) is 10.3 Å². The number of hydrogen-bond donors (Lipinski definition) is 0. The zero-order chi connectivity index (χ0) is 14.2. The van der Waals surface area contributed by atoms with E-state index in [4.69, 9.17) is 4.74 Å². The molecule has 0 unspecified atom stereocenters. The molecule has 0 bridgehead atoms. The smallest absolute Gasteiger partial charge is 0.193 e. The normalized spacial score (nSPS) is 15.3. The molecule has 0 amide bonds. The number of carbonyl (C=O) groups is 1. The van der Waals surface area contributed by atoms with Crippen molar-refractivity contribution in [1.82, 2.24) is 0 Å². The summed E-state index contributed by atoms with van der Waals surface area (Å²) in [6.07, 6.45) is 1.73. The Hall–Kier alpha value is -2.19. The number of fused-ring (bicyclic) bond motifs is 2. The summed E-state index contributed by atoms with van der Waals surface area (Å²) in [5.74, 6) is 0.0656. The first-order valence-electron chi connectivity index (χ1n) is 6.67. The number of hydrogen-bond acceptors (Lipinski definition) is 2. The standard InChI is InChI=1S/C18H16O2/c1-3-12-20-18(2)15-10-6-4-8-13(15)17(19)14-9-5-7-11-16(14)18/h3-11H,1,12H2,2H3. The van der Waals surface area contributed by atoms with Gasteiger partial charge in [-0.25, -0.2) is 0 Å². The third-order valence-corrected chi connectivity index (χ3v) is 3.86. The molecule has 0 aliphatic heterocycles. The van der Waals surface area contributed by atoms with E-state index in [0.717, 1.165) is 22.3 Å². The minimum absolute atomic E-state index is 0.0656. The van der Waals surface area contributed by atoms with Gasteiger partial charge in [0.15, 0.2) is 5.78 Å². The summed E-state index contributed by atoms with van der Waals surface area (Å²) < 4.78 is 6.05. The largest absolute Gasteiger partial charge is 0.362 e. The molecule has 0 saturated carbocycles. The Morgan fingerprint density at radius 3 is 2.05 bits per heavy atom. The Bertz CT molecular complexity index is 636. The van der Waals surface area contributed by atoms with E-state index >= 15 is 0 Å². The fraction of sp³-hybridized carbons (Fsp3) is 0.167. The summed E-state index contributed by atoms with van der Waals surface area (Å²) in [7, 11) is 0. The van der Waals surface area contributed by atoms with Gasteiger partial charge in [0.2, 0.25) is 0 Å². The summed E-state index contributed by atoms with van der Waals surface area (Å²) in [5.41, 5.74) is 2.67. The SMILES string of the molecule is C=CCOC1(C)c2ccccc2C(=O)c2ccccc21. The molecule has 2 aromatic rings. The second-order valence-electron chi connectivity index (χ2n) is 5.05. The Kier molecular flexibility index (Phi) is 3.03. The predicted octanol–water partition coefficient (Wildman–Crippen LogP) is 3.70. The lowest BCUT2D eigenvalue weighted by Gasteiger charge is -2.36. The van der Waals surface area contributed by atoms with Gasteiger partial charge in [0.1, 0.15) is 5.60 Å². The molecule has 0 aromatic heterocycles. The molecular formula is C18H16O2. The molecule has 2 aromatic carbocycles. The van der Waals surface area contributed by atoms with E-state index in [1.54, 1.807) is 6.08 Å². The van der Waals surface area contributed by atoms with E-state index in [2.05, 4.69) is 6.58 Å². The molecule has 0 atom stereocenters. The summed E-state index contributed by atoms with van der Waals surface area (Å²) >= 11 is 0. The lowest BCUT2D eigenvalue weighted by Crippen LogP contribution is -2.35. The molecule has 3 rings (SSSR count). The molecule has 100 valence electrons. The average molecular weight is 264 g/mol. The molecule has 20 heavy (non-hydrogen) atoms. The van der Waals surface area contributed by atoms with E-state index < -0.39 is 5.60 Å². The van der Waals surface area contributed by atoms with Gasteiger partial charge in [-0.05, 0) is 18.1 Å². The molecule has 0 heterocycles. The van der Waals surface area contributed by atoms with Crippen molar-refractivity contribution in [2.45, 2.75) is 12.5 Å². The molecule has 2 heteroatoms. The van der Waals surface area contributed by atoms with Crippen LogP contribution in [0.3, 0.4) is 0 Å². The van der Waals surface area contributed by atoms with Crippen LogP contribution in [0.15, 0.2) is 61.2 Å². The van der Waals surface area contributed by atoms with E-state index in [-0.39, 0.29) is 5.78 Å². The topological polar surface area (TPSA) is 26.3 Å². The maximum Gasteiger partial charge on any atom is 0.193 e. The quantitative estimate of drug-likeness (QED) is 0.790. The van der Waals surface area contributed by atoms with Crippen LogP contribution in [0.4, 0.5) is 0 Å². The van der Waals surface area contributed by atoms with Crippen LogP contribution < -0.4 is 0 Å². The van der Waals surface area contributed by atoms with Gasteiger partial charge in [0.05, 0.1) is 6.61 Å². The number of ether oxygens (including phenoxy) is 1. The van der Waals surface area contributed by atoms with E-state index in [1.165, 1.54) is 0 Å². The van der Waals surface area contributed by atoms with E-state index in [9.17, 15) is 4.79 Å².